The molecule has 1 saturated heterocycles. The number of aryl methyl sites for hydroxylation is 1. The van der Waals surface area contributed by atoms with E-state index in [0.29, 0.717) is 26.9 Å². The van der Waals surface area contributed by atoms with E-state index in [1.807, 2.05) is 11.8 Å². The number of furan rings is 1. The molecule has 10 heteroatoms. The molecule has 1 aliphatic rings. The molecule has 1 amide bonds. The summed E-state index contributed by atoms with van der Waals surface area (Å²) < 4.78 is 32.9. The summed E-state index contributed by atoms with van der Waals surface area (Å²) >= 11 is 2.44. The van der Waals surface area contributed by atoms with E-state index in [0.717, 1.165) is 37.3 Å². The molecule has 1 N–H and O–H groups in total. The van der Waals surface area contributed by atoms with Crippen LogP contribution in [0.1, 0.15) is 34.0 Å². The molecule has 0 saturated carbocycles. The molecule has 148 valence electrons. The molecule has 4 heterocycles. The number of aromatic nitrogens is 1. The van der Waals surface area contributed by atoms with E-state index in [2.05, 4.69) is 9.71 Å². The molecule has 7 nitrogen and oxygen atoms in total. The summed E-state index contributed by atoms with van der Waals surface area (Å²) in [6.45, 7) is 3.48. The number of likely N-dealkylation sites (tertiary alicyclic amines) is 1. The molecule has 0 aliphatic carbocycles. The van der Waals surface area contributed by atoms with Gasteiger partial charge in [-0.1, -0.05) is 0 Å². The van der Waals surface area contributed by atoms with Gasteiger partial charge < -0.3 is 9.32 Å². The van der Waals surface area contributed by atoms with Crippen LogP contribution in [0.25, 0.3) is 10.6 Å². The van der Waals surface area contributed by atoms with Crippen molar-refractivity contribution in [2.75, 3.05) is 13.1 Å². The average molecular weight is 438 g/mol. The summed E-state index contributed by atoms with van der Waals surface area (Å²) in [4.78, 5) is 19.6. The molecule has 0 radical (unpaired) electrons. The highest BCUT2D eigenvalue weighted by atomic mass is 32.2. The van der Waals surface area contributed by atoms with Crippen molar-refractivity contribution in [3.05, 3.63) is 46.2 Å². The Morgan fingerprint density at radius 3 is 2.86 bits per heavy atom. The zero-order valence-corrected chi connectivity index (χ0v) is 17.6. The predicted molar refractivity (Wildman–Crippen MR) is 108 cm³/mol. The third kappa shape index (κ3) is 3.90. The maximum atomic E-state index is 12.7. The van der Waals surface area contributed by atoms with Gasteiger partial charge in [-0.05, 0) is 38.0 Å². The highest BCUT2D eigenvalue weighted by molar-refractivity contribution is 7.91. The van der Waals surface area contributed by atoms with Gasteiger partial charge in [0.05, 0.1) is 18.5 Å². The van der Waals surface area contributed by atoms with Crippen LogP contribution in [0.2, 0.25) is 0 Å². The largest absolute Gasteiger partial charge is 0.468 e. The average Bonchev–Trinajstić information content (AvgIpc) is 3.47. The second-order valence-electron chi connectivity index (χ2n) is 6.49. The second kappa shape index (κ2) is 7.78. The quantitative estimate of drug-likeness (QED) is 0.637. The first-order valence-electron chi connectivity index (χ1n) is 8.82. The molecule has 28 heavy (non-hydrogen) atoms. The Morgan fingerprint density at radius 1 is 1.36 bits per heavy atom. The predicted octanol–water partition coefficient (Wildman–Crippen LogP) is 3.49. The van der Waals surface area contributed by atoms with Gasteiger partial charge in [-0.2, -0.15) is 0 Å². The number of thiazole rings is 1. The van der Waals surface area contributed by atoms with Gasteiger partial charge in [-0.25, -0.2) is 18.1 Å². The first kappa shape index (κ1) is 19.3. The van der Waals surface area contributed by atoms with E-state index in [-0.39, 0.29) is 16.7 Å². The topological polar surface area (TPSA) is 92.5 Å². The maximum absolute atomic E-state index is 12.7. The lowest BCUT2D eigenvalue weighted by Gasteiger charge is -2.13. The lowest BCUT2D eigenvalue weighted by molar-refractivity contribution is 0.0796. The number of nitrogens with zero attached hydrogens (tertiary/aromatic N) is 2. The third-order valence-corrected chi connectivity index (χ3v) is 8.52. The Labute approximate surface area is 171 Å². The first-order chi connectivity index (χ1) is 13.4. The van der Waals surface area contributed by atoms with Crippen molar-refractivity contribution in [1.29, 1.82) is 0 Å². The molecular weight excluding hydrogens is 418 g/mol. The zero-order chi connectivity index (χ0) is 19.7. The molecule has 0 atom stereocenters. The van der Waals surface area contributed by atoms with E-state index < -0.39 is 10.0 Å². The Hall–Kier alpha value is -2.01. The number of amides is 1. The first-order valence-corrected chi connectivity index (χ1v) is 12.0. The number of sulfonamides is 1. The highest BCUT2D eigenvalue weighted by Crippen LogP contribution is 2.33. The van der Waals surface area contributed by atoms with Crippen LogP contribution in [0.4, 0.5) is 0 Å². The van der Waals surface area contributed by atoms with Gasteiger partial charge in [0.2, 0.25) is 10.0 Å². The Kier molecular flexibility index (Phi) is 5.37. The summed E-state index contributed by atoms with van der Waals surface area (Å²) in [6.07, 6.45) is 3.57. The van der Waals surface area contributed by atoms with Crippen molar-refractivity contribution in [3.8, 4) is 10.6 Å². The number of hydrogen-bond donors (Lipinski definition) is 1. The summed E-state index contributed by atoms with van der Waals surface area (Å²) in [5.41, 5.74) is 1.39. The van der Waals surface area contributed by atoms with Crippen LogP contribution in [0.5, 0.6) is 0 Å². The van der Waals surface area contributed by atoms with Gasteiger partial charge in [0.25, 0.3) is 5.91 Å². The minimum absolute atomic E-state index is 0.0157. The van der Waals surface area contributed by atoms with E-state index >= 15 is 0 Å². The lowest BCUT2D eigenvalue weighted by atomic mass is 10.3. The Balaban J connectivity index is 1.52. The SMILES string of the molecule is Cc1nc(-c2csc(S(=O)(=O)NCc3ccco3)c2)sc1C(=O)N1CCCC1. The minimum Gasteiger partial charge on any atom is -0.468 e. The van der Waals surface area contributed by atoms with Crippen molar-refractivity contribution in [3.63, 3.8) is 0 Å². The fraction of sp³-hybridized carbons (Fsp3) is 0.333. The zero-order valence-electron chi connectivity index (χ0n) is 15.2. The van der Waals surface area contributed by atoms with Gasteiger partial charge in [-0.15, -0.1) is 22.7 Å². The van der Waals surface area contributed by atoms with Crippen LogP contribution >= 0.6 is 22.7 Å². The van der Waals surface area contributed by atoms with Crippen molar-refractivity contribution in [1.82, 2.24) is 14.6 Å². The summed E-state index contributed by atoms with van der Waals surface area (Å²) in [5, 5.41) is 2.41. The minimum atomic E-state index is -3.65. The number of hydrogen-bond acceptors (Lipinski definition) is 7. The van der Waals surface area contributed by atoms with E-state index in [4.69, 9.17) is 4.42 Å². The summed E-state index contributed by atoms with van der Waals surface area (Å²) in [6, 6.07) is 5.01. The molecule has 1 fully saturated rings. The molecule has 0 unspecified atom stereocenters. The molecule has 4 rings (SSSR count). The summed E-state index contributed by atoms with van der Waals surface area (Å²) in [5.74, 6) is 0.558. The molecule has 1 aliphatic heterocycles. The van der Waals surface area contributed by atoms with Crippen LogP contribution in [-0.4, -0.2) is 37.3 Å². The Bertz CT molecular complexity index is 1080. The van der Waals surface area contributed by atoms with E-state index in [1.54, 1.807) is 23.6 Å². The van der Waals surface area contributed by atoms with Crippen LogP contribution in [-0.2, 0) is 16.6 Å². The van der Waals surface area contributed by atoms with Crippen LogP contribution in [0.3, 0.4) is 0 Å². The maximum Gasteiger partial charge on any atom is 0.265 e. The van der Waals surface area contributed by atoms with Gasteiger partial charge in [0, 0.05) is 24.0 Å². The fourth-order valence-electron chi connectivity index (χ4n) is 3.00. The fourth-order valence-corrected chi connectivity index (χ4v) is 6.30. The van der Waals surface area contributed by atoms with Gasteiger partial charge in [0.15, 0.2) is 0 Å². The summed E-state index contributed by atoms with van der Waals surface area (Å²) in [7, 11) is -3.65. The van der Waals surface area contributed by atoms with Crippen LogP contribution in [0.15, 0.2) is 38.5 Å². The molecule has 0 bridgehead atoms. The van der Waals surface area contributed by atoms with Crippen molar-refractivity contribution >= 4 is 38.6 Å². The third-order valence-electron chi connectivity index (χ3n) is 4.49. The number of thiophene rings is 1. The number of rotatable bonds is 6. The van der Waals surface area contributed by atoms with Gasteiger partial charge in [-0.3, -0.25) is 4.79 Å². The van der Waals surface area contributed by atoms with E-state index in [1.165, 1.54) is 17.6 Å². The van der Waals surface area contributed by atoms with Gasteiger partial charge in [0.1, 0.15) is 19.9 Å². The molecular formula is C18H19N3O4S3. The number of carbonyl (C=O) groups excluding carboxylic acids is 1. The molecule has 0 spiro atoms. The number of nitrogens with one attached hydrogen (secondary N) is 1. The number of carbonyl (C=O) groups is 1. The molecule has 3 aromatic heterocycles. The smallest absolute Gasteiger partial charge is 0.265 e. The standard InChI is InChI=1S/C18H19N3O4S3/c1-12-16(18(22)21-6-2-3-7-21)27-17(20-12)13-9-15(26-11-13)28(23,24)19-10-14-5-4-8-25-14/h4-5,8-9,11,19H,2-3,6-7,10H2,1H3. The second-order valence-corrected chi connectivity index (χ2v) is 10.4. The normalized spacial score (nSPS) is 14.7. The monoisotopic (exact) mass is 437 g/mol. The molecule has 3 aromatic rings. The van der Waals surface area contributed by atoms with Crippen molar-refractivity contribution in [2.24, 2.45) is 0 Å². The van der Waals surface area contributed by atoms with Crippen molar-refractivity contribution < 1.29 is 17.6 Å². The molecule has 0 aromatic carbocycles. The van der Waals surface area contributed by atoms with Crippen molar-refractivity contribution in [2.45, 2.75) is 30.5 Å². The van der Waals surface area contributed by atoms with Crippen LogP contribution < -0.4 is 4.72 Å². The highest BCUT2D eigenvalue weighted by Gasteiger charge is 2.25. The Morgan fingerprint density at radius 2 is 2.14 bits per heavy atom. The van der Waals surface area contributed by atoms with Crippen LogP contribution in [0, 0.1) is 6.92 Å². The lowest BCUT2D eigenvalue weighted by Crippen LogP contribution is -2.27. The van der Waals surface area contributed by atoms with E-state index in [9.17, 15) is 13.2 Å². The van der Waals surface area contributed by atoms with Gasteiger partial charge >= 0.3 is 0 Å².